The van der Waals surface area contributed by atoms with Gasteiger partial charge in [0.1, 0.15) is 0 Å². The van der Waals surface area contributed by atoms with E-state index in [4.69, 9.17) is 0 Å². The number of benzene rings is 1. The summed E-state index contributed by atoms with van der Waals surface area (Å²) in [5.74, 6) is 0.710. The molecule has 1 saturated heterocycles. The van der Waals surface area contributed by atoms with E-state index in [-0.39, 0.29) is 0 Å². The highest BCUT2D eigenvalue weighted by molar-refractivity contribution is 5.21. The van der Waals surface area contributed by atoms with Gasteiger partial charge in [0.05, 0.1) is 5.69 Å². The van der Waals surface area contributed by atoms with Crippen LogP contribution in [0.5, 0.6) is 0 Å². The summed E-state index contributed by atoms with van der Waals surface area (Å²) in [6.45, 7) is 5.41. The Balaban J connectivity index is 1.38. The average Bonchev–Trinajstić information content (AvgIpc) is 3.02. The van der Waals surface area contributed by atoms with Crippen molar-refractivity contribution < 1.29 is 0 Å². The molecule has 1 aliphatic rings. The SMILES string of the molecule is c1ccc(C2CCN(CCNCc3ccccn3)C2)cc1. The maximum absolute atomic E-state index is 4.32. The molecule has 2 aromatic rings. The van der Waals surface area contributed by atoms with Crippen LogP contribution in [0, 0.1) is 0 Å². The molecule has 110 valence electrons. The zero-order chi connectivity index (χ0) is 14.3. The first-order chi connectivity index (χ1) is 10.4. The van der Waals surface area contributed by atoms with Crippen LogP contribution in [0.15, 0.2) is 54.7 Å². The van der Waals surface area contributed by atoms with Crippen molar-refractivity contribution in [1.29, 1.82) is 0 Å². The molecule has 2 heterocycles. The van der Waals surface area contributed by atoms with Gasteiger partial charge in [0.2, 0.25) is 0 Å². The van der Waals surface area contributed by atoms with Crippen molar-refractivity contribution in [3.05, 3.63) is 66.0 Å². The zero-order valence-corrected chi connectivity index (χ0v) is 12.4. The smallest absolute Gasteiger partial charge is 0.0541 e. The predicted octanol–water partition coefficient (Wildman–Crippen LogP) is 2.66. The number of nitrogens with zero attached hydrogens (tertiary/aromatic N) is 2. The van der Waals surface area contributed by atoms with E-state index >= 15 is 0 Å². The molecule has 1 unspecified atom stereocenters. The number of rotatable bonds is 6. The van der Waals surface area contributed by atoms with Crippen LogP contribution in [0.1, 0.15) is 23.6 Å². The number of pyridine rings is 1. The second kappa shape index (κ2) is 7.34. The first kappa shape index (κ1) is 14.2. The van der Waals surface area contributed by atoms with Gasteiger partial charge >= 0.3 is 0 Å². The van der Waals surface area contributed by atoms with Crippen molar-refractivity contribution in [2.45, 2.75) is 18.9 Å². The quantitative estimate of drug-likeness (QED) is 0.825. The van der Waals surface area contributed by atoms with Gasteiger partial charge in [-0.1, -0.05) is 36.4 Å². The molecule has 0 spiro atoms. The van der Waals surface area contributed by atoms with Crippen molar-refractivity contribution >= 4 is 0 Å². The first-order valence-corrected chi connectivity index (χ1v) is 7.80. The Morgan fingerprint density at radius 1 is 1.10 bits per heavy atom. The average molecular weight is 281 g/mol. The molecule has 0 aliphatic carbocycles. The highest BCUT2D eigenvalue weighted by Gasteiger charge is 2.22. The topological polar surface area (TPSA) is 28.2 Å². The van der Waals surface area contributed by atoms with Crippen molar-refractivity contribution in [1.82, 2.24) is 15.2 Å². The number of aromatic nitrogens is 1. The van der Waals surface area contributed by atoms with Crippen LogP contribution in [-0.2, 0) is 6.54 Å². The second-order valence-corrected chi connectivity index (χ2v) is 5.69. The Bertz CT molecular complexity index is 527. The van der Waals surface area contributed by atoms with Crippen molar-refractivity contribution in [3.8, 4) is 0 Å². The van der Waals surface area contributed by atoms with Crippen LogP contribution in [0.25, 0.3) is 0 Å². The fraction of sp³-hybridized carbons (Fsp3) is 0.389. The van der Waals surface area contributed by atoms with E-state index < -0.39 is 0 Å². The van der Waals surface area contributed by atoms with Crippen LogP contribution in [0.2, 0.25) is 0 Å². The highest BCUT2D eigenvalue weighted by Crippen LogP contribution is 2.26. The molecular formula is C18H23N3. The minimum atomic E-state index is 0.710. The lowest BCUT2D eigenvalue weighted by Gasteiger charge is -2.16. The Labute approximate surface area is 127 Å². The van der Waals surface area contributed by atoms with E-state index in [9.17, 15) is 0 Å². The normalized spacial score (nSPS) is 19.0. The third-order valence-electron chi connectivity index (χ3n) is 4.18. The molecular weight excluding hydrogens is 258 g/mol. The lowest BCUT2D eigenvalue weighted by Crippen LogP contribution is -2.30. The van der Waals surface area contributed by atoms with Gasteiger partial charge in [-0.15, -0.1) is 0 Å². The van der Waals surface area contributed by atoms with Crippen molar-refractivity contribution in [2.75, 3.05) is 26.2 Å². The number of hydrogen-bond acceptors (Lipinski definition) is 3. The molecule has 1 atom stereocenters. The molecule has 1 aromatic heterocycles. The van der Waals surface area contributed by atoms with Gasteiger partial charge in [0, 0.05) is 32.4 Å². The lowest BCUT2D eigenvalue weighted by atomic mass is 9.99. The zero-order valence-electron chi connectivity index (χ0n) is 12.4. The van der Waals surface area contributed by atoms with E-state index in [0.717, 1.165) is 25.3 Å². The second-order valence-electron chi connectivity index (χ2n) is 5.69. The van der Waals surface area contributed by atoms with Gasteiger partial charge in [0.15, 0.2) is 0 Å². The van der Waals surface area contributed by atoms with Crippen molar-refractivity contribution in [2.24, 2.45) is 0 Å². The number of nitrogens with one attached hydrogen (secondary N) is 1. The lowest BCUT2D eigenvalue weighted by molar-refractivity contribution is 0.331. The van der Waals surface area contributed by atoms with E-state index in [1.165, 1.54) is 25.1 Å². The molecule has 0 bridgehead atoms. The van der Waals surface area contributed by atoms with Crippen LogP contribution in [-0.4, -0.2) is 36.1 Å². The maximum atomic E-state index is 4.32. The summed E-state index contributed by atoms with van der Waals surface area (Å²) in [6, 6.07) is 17.0. The van der Waals surface area contributed by atoms with Gasteiger partial charge in [0.25, 0.3) is 0 Å². The maximum Gasteiger partial charge on any atom is 0.0541 e. The minimum absolute atomic E-state index is 0.710. The third kappa shape index (κ3) is 4.13. The third-order valence-corrected chi connectivity index (χ3v) is 4.18. The summed E-state index contributed by atoms with van der Waals surface area (Å²) < 4.78 is 0. The molecule has 0 amide bonds. The minimum Gasteiger partial charge on any atom is -0.310 e. The van der Waals surface area contributed by atoms with Gasteiger partial charge in [-0.2, -0.15) is 0 Å². The molecule has 0 radical (unpaired) electrons. The monoisotopic (exact) mass is 281 g/mol. The van der Waals surface area contributed by atoms with Crippen LogP contribution in [0.3, 0.4) is 0 Å². The fourth-order valence-corrected chi connectivity index (χ4v) is 2.99. The van der Waals surface area contributed by atoms with E-state index in [0.29, 0.717) is 5.92 Å². The van der Waals surface area contributed by atoms with Gasteiger partial charge < -0.3 is 10.2 Å². The molecule has 3 heteroatoms. The van der Waals surface area contributed by atoms with Gasteiger partial charge in [-0.25, -0.2) is 0 Å². The van der Waals surface area contributed by atoms with E-state index in [1.807, 2.05) is 18.3 Å². The molecule has 3 rings (SSSR count). The summed E-state index contributed by atoms with van der Waals surface area (Å²) in [5, 5.41) is 3.48. The Hall–Kier alpha value is -1.71. The van der Waals surface area contributed by atoms with E-state index in [2.05, 4.69) is 51.6 Å². The summed E-state index contributed by atoms with van der Waals surface area (Å²) in [6.07, 6.45) is 3.13. The summed E-state index contributed by atoms with van der Waals surface area (Å²) in [7, 11) is 0. The molecule has 1 fully saturated rings. The predicted molar refractivity (Wildman–Crippen MR) is 86.2 cm³/mol. The largest absolute Gasteiger partial charge is 0.310 e. The Morgan fingerprint density at radius 2 is 1.95 bits per heavy atom. The molecule has 3 nitrogen and oxygen atoms in total. The van der Waals surface area contributed by atoms with E-state index in [1.54, 1.807) is 0 Å². The highest BCUT2D eigenvalue weighted by atomic mass is 15.2. The summed E-state index contributed by atoms with van der Waals surface area (Å²) >= 11 is 0. The number of hydrogen-bond donors (Lipinski definition) is 1. The molecule has 1 aromatic carbocycles. The molecule has 1 aliphatic heterocycles. The Kier molecular flexibility index (Phi) is 4.98. The van der Waals surface area contributed by atoms with Crippen LogP contribution in [0.4, 0.5) is 0 Å². The standard InChI is InChI=1S/C18H23N3/c1-2-6-16(7-3-1)17-9-12-21(15-17)13-11-19-14-18-8-4-5-10-20-18/h1-8,10,17,19H,9,11-15H2. The summed E-state index contributed by atoms with van der Waals surface area (Å²) in [4.78, 5) is 6.88. The Morgan fingerprint density at radius 3 is 2.76 bits per heavy atom. The fourth-order valence-electron chi connectivity index (χ4n) is 2.99. The summed E-state index contributed by atoms with van der Waals surface area (Å²) in [5.41, 5.74) is 2.60. The molecule has 0 saturated carbocycles. The van der Waals surface area contributed by atoms with Gasteiger partial charge in [-0.05, 0) is 36.6 Å². The number of likely N-dealkylation sites (tertiary alicyclic amines) is 1. The van der Waals surface area contributed by atoms with Gasteiger partial charge in [-0.3, -0.25) is 4.98 Å². The first-order valence-electron chi connectivity index (χ1n) is 7.80. The van der Waals surface area contributed by atoms with Crippen LogP contribution >= 0.6 is 0 Å². The molecule has 21 heavy (non-hydrogen) atoms. The molecule has 1 N–H and O–H groups in total. The van der Waals surface area contributed by atoms with Crippen LogP contribution < -0.4 is 5.32 Å². The van der Waals surface area contributed by atoms with Crippen molar-refractivity contribution in [3.63, 3.8) is 0 Å².